The number of anilines is 1. The summed E-state index contributed by atoms with van der Waals surface area (Å²) in [6, 6.07) is 16.6. The molecule has 0 aliphatic heterocycles. The van der Waals surface area contributed by atoms with E-state index in [0.717, 1.165) is 36.5 Å². The molecule has 3 rings (SSSR count). The molecule has 0 radical (unpaired) electrons. The normalized spacial score (nSPS) is 12.9. The molecule has 2 atom stereocenters. The van der Waals surface area contributed by atoms with Gasteiger partial charge in [0.25, 0.3) is 5.91 Å². The molecule has 0 saturated heterocycles. The van der Waals surface area contributed by atoms with Crippen LogP contribution in [0.3, 0.4) is 0 Å². The van der Waals surface area contributed by atoms with Crippen LogP contribution in [0, 0.1) is 12.8 Å². The van der Waals surface area contributed by atoms with Gasteiger partial charge in [0.05, 0.1) is 0 Å². The van der Waals surface area contributed by atoms with E-state index in [1.165, 1.54) is 0 Å². The maximum absolute atomic E-state index is 14.4. The molecule has 0 bridgehead atoms. The van der Waals surface area contributed by atoms with Gasteiger partial charge in [-0.1, -0.05) is 82.9 Å². The number of amides is 3. The van der Waals surface area contributed by atoms with Crippen LogP contribution in [0.1, 0.15) is 90.8 Å². The van der Waals surface area contributed by atoms with Crippen molar-refractivity contribution in [3.63, 3.8) is 0 Å². The van der Waals surface area contributed by atoms with E-state index < -0.39 is 23.8 Å². The van der Waals surface area contributed by atoms with Crippen molar-refractivity contribution in [1.82, 2.24) is 10.2 Å². The van der Waals surface area contributed by atoms with Crippen LogP contribution in [0.4, 0.5) is 10.5 Å². The topological polar surface area (TPSA) is 108 Å². The molecule has 238 valence electrons. The Morgan fingerprint density at radius 2 is 1.59 bits per heavy atom. The standard InChI is InChI=1S/C36H49N3O5/c1-8-9-10-11-14-21-39(34(42)31(24(2)3)38-35(43)44-36(5,6)7)32(28-18-20-30(40)25(4)22-28)33(41)37-29-19-17-26-15-12-13-16-27(26)23-29/h12-13,15-20,22-24,31-32,40H,8-11,14,21H2,1-7H3,(H,37,41)(H,38,43). The summed E-state index contributed by atoms with van der Waals surface area (Å²) in [6.07, 6.45) is 4.10. The van der Waals surface area contributed by atoms with Gasteiger partial charge in [-0.15, -0.1) is 0 Å². The number of phenols is 1. The second-order valence-electron chi connectivity index (χ2n) is 12.8. The van der Waals surface area contributed by atoms with Gasteiger partial charge in [0.1, 0.15) is 23.4 Å². The number of nitrogens with zero attached hydrogens (tertiary/aromatic N) is 1. The molecule has 0 spiro atoms. The summed E-state index contributed by atoms with van der Waals surface area (Å²) in [5.41, 5.74) is 1.03. The molecule has 8 nitrogen and oxygen atoms in total. The second kappa shape index (κ2) is 15.6. The first-order valence-electron chi connectivity index (χ1n) is 15.7. The minimum atomic E-state index is -1.01. The predicted octanol–water partition coefficient (Wildman–Crippen LogP) is 7.88. The van der Waals surface area contributed by atoms with Crippen molar-refractivity contribution in [2.24, 2.45) is 5.92 Å². The van der Waals surface area contributed by atoms with Crippen LogP contribution in [0.15, 0.2) is 60.7 Å². The lowest BCUT2D eigenvalue weighted by Gasteiger charge is -2.36. The smallest absolute Gasteiger partial charge is 0.408 e. The molecular formula is C36H49N3O5. The third-order valence-electron chi connectivity index (χ3n) is 7.50. The number of rotatable bonds is 13. The molecule has 0 saturated carbocycles. The number of nitrogens with one attached hydrogen (secondary N) is 2. The van der Waals surface area contributed by atoms with Crippen LogP contribution in [-0.2, 0) is 14.3 Å². The number of carbonyl (C=O) groups excluding carboxylic acids is 3. The molecule has 0 aliphatic carbocycles. The lowest BCUT2D eigenvalue weighted by Crippen LogP contribution is -2.54. The number of benzene rings is 3. The SMILES string of the molecule is CCCCCCCN(C(=O)C(NC(=O)OC(C)(C)C)C(C)C)C(C(=O)Nc1ccc2ccccc2c1)c1ccc(O)c(C)c1. The molecule has 0 fully saturated rings. The van der Waals surface area contributed by atoms with Crippen LogP contribution in [-0.4, -0.2) is 46.1 Å². The molecule has 44 heavy (non-hydrogen) atoms. The maximum atomic E-state index is 14.4. The average molecular weight is 604 g/mol. The summed E-state index contributed by atoms with van der Waals surface area (Å²) in [5.74, 6) is -0.923. The Balaban J connectivity index is 2.04. The van der Waals surface area contributed by atoms with Gasteiger partial charge in [-0.05, 0) is 86.2 Å². The fraction of sp³-hybridized carbons (Fsp3) is 0.472. The lowest BCUT2D eigenvalue weighted by molar-refractivity contribution is -0.141. The number of aryl methyl sites for hydroxylation is 1. The summed E-state index contributed by atoms with van der Waals surface area (Å²) in [7, 11) is 0. The fourth-order valence-electron chi connectivity index (χ4n) is 5.18. The number of hydrogen-bond donors (Lipinski definition) is 3. The van der Waals surface area contributed by atoms with Crippen molar-refractivity contribution in [3.8, 4) is 5.75 Å². The number of aromatic hydroxyl groups is 1. The Morgan fingerprint density at radius 3 is 2.23 bits per heavy atom. The number of hydrogen-bond acceptors (Lipinski definition) is 5. The van der Waals surface area contributed by atoms with Crippen molar-refractivity contribution >= 4 is 34.4 Å². The highest BCUT2D eigenvalue weighted by molar-refractivity contribution is 6.00. The van der Waals surface area contributed by atoms with Crippen LogP contribution >= 0.6 is 0 Å². The lowest BCUT2D eigenvalue weighted by atomic mass is 9.97. The van der Waals surface area contributed by atoms with E-state index in [9.17, 15) is 19.5 Å². The van der Waals surface area contributed by atoms with Crippen molar-refractivity contribution in [2.45, 2.75) is 98.3 Å². The summed E-state index contributed by atoms with van der Waals surface area (Å²) in [5, 5.41) is 18.1. The van der Waals surface area contributed by atoms with Crippen LogP contribution < -0.4 is 10.6 Å². The third kappa shape index (κ3) is 9.73. The quantitative estimate of drug-likeness (QED) is 0.172. The minimum Gasteiger partial charge on any atom is -0.508 e. The van der Waals surface area contributed by atoms with E-state index in [-0.39, 0.29) is 23.5 Å². The summed E-state index contributed by atoms with van der Waals surface area (Å²) in [6.45, 7) is 13.2. The number of phenolic OH excluding ortho intramolecular Hbond substituents is 1. The zero-order valence-electron chi connectivity index (χ0n) is 27.3. The zero-order chi connectivity index (χ0) is 32.4. The molecule has 0 aliphatic rings. The minimum absolute atomic E-state index is 0.103. The number of fused-ring (bicyclic) bond motifs is 1. The molecule has 3 N–H and O–H groups in total. The van der Waals surface area contributed by atoms with Crippen molar-refractivity contribution in [1.29, 1.82) is 0 Å². The van der Waals surface area contributed by atoms with E-state index in [0.29, 0.717) is 29.8 Å². The van der Waals surface area contributed by atoms with Gasteiger partial charge in [0, 0.05) is 12.2 Å². The van der Waals surface area contributed by atoms with Gasteiger partial charge < -0.3 is 25.4 Å². The number of unbranched alkanes of at least 4 members (excludes halogenated alkanes) is 4. The monoisotopic (exact) mass is 603 g/mol. The molecular weight excluding hydrogens is 554 g/mol. The maximum Gasteiger partial charge on any atom is 0.408 e. The Labute approximate surface area is 262 Å². The summed E-state index contributed by atoms with van der Waals surface area (Å²) in [4.78, 5) is 43.1. The molecule has 3 aromatic rings. The molecule has 0 aromatic heterocycles. The fourth-order valence-corrected chi connectivity index (χ4v) is 5.18. The van der Waals surface area contributed by atoms with E-state index in [4.69, 9.17) is 4.74 Å². The van der Waals surface area contributed by atoms with Gasteiger partial charge in [-0.3, -0.25) is 9.59 Å². The number of ether oxygens (including phenoxy) is 1. The number of carbonyl (C=O) groups is 3. The predicted molar refractivity (Wildman–Crippen MR) is 177 cm³/mol. The largest absolute Gasteiger partial charge is 0.508 e. The van der Waals surface area contributed by atoms with Crippen LogP contribution in [0.25, 0.3) is 10.8 Å². The Morgan fingerprint density at radius 1 is 0.909 bits per heavy atom. The third-order valence-corrected chi connectivity index (χ3v) is 7.50. The number of alkyl carbamates (subject to hydrolysis) is 1. The summed E-state index contributed by atoms with van der Waals surface area (Å²) >= 11 is 0. The molecule has 3 amide bonds. The first-order chi connectivity index (χ1) is 20.8. The van der Waals surface area contributed by atoms with Gasteiger partial charge in [-0.25, -0.2) is 4.79 Å². The van der Waals surface area contributed by atoms with E-state index in [1.807, 2.05) is 56.3 Å². The van der Waals surface area contributed by atoms with Gasteiger partial charge in [0.15, 0.2) is 0 Å². The van der Waals surface area contributed by atoms with E-state index in [1.54, 1.807) is 50.8 Å². The van der Waals surface area contributed by atoms with E-state index >= 15 is 0 Å². The second-order valence-corrected chi connectivity index (χ2v) is 12.8. The Kier molecular flexibility index (Phi) is 12.2. The highest BCUT2D eigenvalue weighted by atomic mass is 16.6. The van der Waals surface area contributed by atoms with Gasteiger partial charge in [0.2, 0.25) is 5.91 Å². The van der Waals surface area contributed by atoms with Crippen molar-refractivity contribution < 1.29 is 24.2 Å². The van der Waals surface area contributed by atoms with Crippen molar-refractivity contribution in [2.75, 3.05) is 11.9 Å². The highest BCUT2D eigenvalue weighted by Gasteiger charge is 2.37. The van der Waals surface area contributed by atoms with Gasteiger partial charge in [-0.2, -0.15) is 0 Å². The average Bonchev–Trinajstić information content (AvgIpc) is 2.95. The van der Waals surface area contributed by atoms with Crippen LogP contribution in [0.2, 0.25) is 0 Å². The Bertz CT molecular complexity index is 1430. The van der Waals surface area contributed by atoms with Gasteiger partial charge >= 0.3 is 6.09 Å². The first-order valence-corrected chi connectivity index (χ1v) is 15.7. The molecule has 2 unspecified atom stereocenters. The molecule has 8 heteroatoms. The molecule has 3 aromatic carbocycles. The van der Waals surface area contributed by atoms with Crippen LogP contribution in [0.5, 0.6) is 5.75 Å². The highest BCUT2D eigenvalue weighted by Crippen LogP contribution is 2.30. The van der Waals surface area contributed by atoms with E-state index in [2.05, 4.69) is 17.6 Å². The Hall–Kier alpha value is -4.07. The van der Waals surface area contributed by atoms with Crippen molar-refractivity contribution in [3.05, 3.63) is 71.8 Å². The molecule has 0 heterocycles. The zero-order valence-corrected chi connectivity index (χ0v) is 27.3. The first kappa shape index (κ1) is 34.4. The summed E-state index contributed by atoms with van der Waals surface area (Å²) < 4.78 is 5.48.